The second-order valence-electron chi connectivity index (χ2n) is 4.93. The van der Waals surface area contributed by atoms with Gasteiger partial charge in [0, 0.05) is 11.6 Å². The highest BCUT2D eigenvalue weighted by Gasteiger charge is 2.05. The smallest absolute Gasteiger partial charge is 0.267 e. The summed E-state index contributed by atoms with van der Waals surface area (Å²) in [6.45, 7) is 0.456. The standard InChI is InChI=1S/C18H16N2O2/c1-22-16-9-5-8-15(12-16)17-10-11-18(21)20(19-17)13-14-6-3-2-4-7-14/h2-12H,13H2,1H3. The molecule has 3 aromatic rings. The van der Waals surface area contributed by atoms with Gasteiger partial charge in [-0.05, 0) is 23.8 Å². The minimum absolute atomic E-state index is 0.115. The molecule has 4 heteroatoms. The van der Waals surface area contributed by atoms with Crippen molar-refractivity contribution >= 4 is 0 Å². The zero-order valence-electron chi connectivity index (χ0n) is 12.3. The molecule has 0 aliphatic heterocycles. The topological polar surface area (TPSA) is 44.1 Å². The first kappa shape index (κ1) is 14.1. The molecule has 0 bridgehead atoms. The van der Waals surface area contributed by atoms with Gasteiger partial charge >= 0.3 is 0 Å². The van der Waals surface area contributed by atoms with E-state index in [1.165, 1.54) is 4.68 Å². The quantitative estimate of drug-likeness (QED) is 0.742. The van der Waals surface area contributed by atoms with Crippen LogP contribution in [0, 0.1) is 0 Å². The number of ether oxygens (including phenoxy) is 1. The lowest BCUT2D eigenvalue weighted by Gasteiger charge is -2.08. The number of hydrogen-bond acceptors (Lipinski definition) is 3. The van der Waals surface area contributed by atoms with Crippen molar-refractivity contribution in [3.05, 3.63) is 82.6 Å². The Hall–Kier alpha value is -2.88. The summed E-state index contributed by atoms with van der Waals surface area (Å²) in [7, 11) is 1.63. The number of nitrogens with zero attached hydrogens (tertiary/aromatic N) is 2. The van der Waals surface area contributed by atoms with Crippen LogP contribution in [0.25, 0.3) is 11.3 Å². The lowest BCUT2D eigenvalue weighted by molar-refractivity contribution is 0.415. The Morgan fingerprint density at radius 3 is 2.59 bits per heavy atom. The minimum Gasteiger partial charge on any atom is -0.497 e. The van der Waals surface area contributed by atoms with Gasteiger partial charge in [0.2, 0.25) is 0 Å². The number of methoxy groups -OCH3 is 1. The summed E-state index contributed by atoms with van der Waals surface area (Å²) in [6.07, 6.45) is 0. The van der Waals surface area contributed by atoms with Gasteiger partial charge in [0.05, 0.1) is 19.3 Å². The fourth-order valence-corrected chi connectivity index (χ4v) is 2.25. The van der Waals surface area contributed by atoms with E-state index in [0.29, 0.717) is 6.54 Å². The Morgan fingerprint density at radius 1 is 1.00 bits per heavy atom. The average Bonchev–Trinajstić information content (AvgIpc) is 2.58. The van der Waals surface area contributed by atoms with Crippen molar-refractivity contribution in [2.75, 3.05) is 7.11 Å². The molecule has 0 aliphatic rings. The minimum atomic E-state index is -0.115. The molecule has 1 aromatic heterocycles. The third kappa shape index (κ3) is 3.06. The summed E-state index contributed by atoms with van der Waals surface area (Å²) in [4.78, 5) is 12.0. The monoisotopic (exact) mass is 292 g/mol. The molecule has 0 amide bonds. The van der Waals surface area contributed by atoms with Crippen LogP contribution in [-0.4, -0.2) is 16.9 Å². The molecule has 22 heavy (non-hydrogen) atoms. The van der Waals surface area contributed by atoms with E-state index in [-0.39, 0.29) is 5.56 Å². The predicted molar refractivity (Wildman–Crippen MR) is 86.0 cm³/mol. The molecule has 0 saturated heterocycles. The highest BCUT2D eigenvalue weighted by atomic mass is 16.5. The number of benzene rings is 2. The molecular formula is C18H16N2O2. The van der Waals surface area contributed by atoms with Gasteiger partial charge in [-0.25, -0.2) is 4.68 Å². The first-order valence-electron chi connectivity index (χ1n) is 7.03. The van der Waals surface area contributed by atoms with Crippen molar-refractivity contribution in [1.82, 2.24) is 9.78 Å². The Bertz CT molecular complexity index is 826. The van der Waals surface area contributed by atoms with E-state index in [0.717, 1.165) is 22.6 Å². The maximum atomic E-state index is 12.0. The van der Waals surface area contributed by atoms with Crippen molar-refractivity contribution in [3.63, 3.8) is 0 Å². The van der Waals surface area contributed by atoms with Gasteiger partial charge < -0.3 is 4.74 Å². The zero-order valence-corrected chi connectivity index (χ0v) is 12.3. The third-order valence-electron chi connectivity index (χ3n) is 3.41. The van der Waals surface area contributed by atoms with E-state index in [9.17, 15) is 4.79 Å². The molecule has 0 N–H and O–H groups in total. The molecule has 0 unspecified atom stereocenters. The van der Waals surface area contributed by atoms with E-state index in [1.807, 2.05) is 54.6 Å². The molecule has 0 saturated carbocycles. The summed E-state index contributed by atoms with van der Waals surface area (Å²) in [6, 6.07) is 20.7. The van der Waals surface area contributed by atoms with Crippen molar-refractivity contribution < 1.29 is 4.74 Å². The van der Waals surface area contributed by atoms with Gasteiger partial charge in [0.15, 0.2) is 0 Å². The first-order chi connectivity index (χ1) is 10.8. The number of rotatable bonds is 4. The van der Waals surface area contributed by atoms with Crippen LogP contribution in [0.3, 0.4) is 0 Å². The lowest BCUT2D eigenvalue weighted by Crippen LogP contribution is -2.22. The Kier molecular flexibility index (Phi) is 4.01. The summed E-state index contributed by atoms with van der Waals surface area (Å²) in [5.41, 5.74) is 2.59. The van der Waals surface area contributed by atoms with Crippen LogP contribution < -0.4 is 10.3 Å². The maximum absolute atomic E-state index is 12.0. The van der Waals surface area contributed by atoms with Crippen LogP contribution >= 0.6 is 0 Å². The second-order valence-corrected chi connectivity index (χ2v) is 4.93. The largest absolute Gasteiger partial charge is 0.497 e. The van der Waals surface area contributed by atoms with E-state index in [4.69, 9.17) is 4.74 Å². The molecule has 110 valence electrons. The van der Waals surface area contributed by atoms with E-state index < -0.39 is 0 Å². The summed E-state index contributed by atoms with van der Waals surface area (Å²) < 4.78 is 6.71. The molecule has 0 fully saturated rings. The van der Waals surface area contributed by atoms with Crippen LogP contribution in [0.1, 0.15) is 5.56 Å². The van der Waals surface area contributed by atoms with Crippen LogP contribution in [0.5, 0.6) is 5.75 Å². The average molecular weight is 292 g/mol. The predicted octanol–water partition coefficient (Wildman–Crippen LogP) is 2.97. The fourth-order valence-electron chi connectivity index (χ4n) is 2.25. The van der Waals surface area contributed by atoms with Gasteiger partial charge in [0.25, 0.3) is 5.56 Å². The molecule has 0 spiro atoms. The summed E-state index contributed by atoms with van der Waals surface area (Å²) in [5.74, 6) is 0.764. The Morgan fingerprint density at radius 2 is 1.82 bits per heavy atom. The second kappa shape index (κ2) is 6.26. The summed E-state index contributed by atoms with van der Waals surface area (Å²) in [5, 5.41) is 4.46. The molecular weight excluding hydrogens is 276 g/mol. The highest BCUT2D eigenvalue weighted by Crippen LogP contribution is 2.21. The maximum Gasteiger partial charge on any atom is 0.267 e. The fraction of sp³-hybridized carbons (Fsp3) is 0.111. The van der Waals surface area contributed by atoms with E-state index in [1.54, 1.807) is 19.2 Å². The number of aromatic nitrogens is 2. The zero-order chi connectivity index (χ0) is 15.4. The van der Waals surface area contributed by atoms with Crippen molar-refractivity contribution in [2.24, 2.45) is 0 Å². The molecule has 0 aliphatic carbocycles. The summed E-state index contributed by atoms with van der Waals surface area (Å²) >= 11 is 0. The molecule has 0 radical (unpaired) electrons. The normalized spacial score (nSPS) is 10.4. The Balaban J connectivity index is 1.97. The molecule has 2 aromatic carbocycles. The highest BCUT2D eigenvalue weighted by molar-refractivity contribution is 5.60. The lowest BCUT2D eigenvalue weighted by atomic mass is 10.1. The molecule has 4 nitrogen and oxygen atoms in total. The third-order valence-corrected chi connectivity index (χ3v) is 3.41. The van der Waals surface area contributed by atoms with E-state index in [2.05, 4.69) is 5.10 Å². The van der Waals surface area contributed by atoms with Gasteiger partial charge in [-0.3, -0.25) is 4.79 Å². The van der Waals surface area contributed by atoms with Gasteiger partial charge in [-0.2, -0.15) is 5.10 Å². The SMILES string of the molecule is COc1cccc(-c2ccc(=O)n(Cc3ccccc3)n2)c1. The van der Waals surface area contributed by atoms with Crippen LogP contribution in [0.15, 0.2) is 71.5 Å². The Labute approximate surface area is 128 Å². The van der Waals surface area contributed by atoms with Crippen LogP contribution in [-0.2, 0) is 6.54 Å². The molecule has 3 rings (SSSR count). The van der Waals surface area contributed by atoms with Crippen LogP contribution in [0.2, 0.25) is 0 Å². The van der Waals surface area contributed by atoms with Crippen molar-refractivity contribution in [3.8, 4) is 17.0 Å². The van der Waals surface area contributed by atoms with Crippen LogP contribution in [0.4, 0.5) is 0 Å². The van der Waals surface area contributed by atoms with E-state index >= 15 is 0 Å². The first-order valence-corrected chi connectivity index (χ1v) is 7.03. The van der Waals surface area contributed by atoms with Gasteiger partial charge in [-0.1, -0.05) is 42.5 Å². The number of hydrogen-bond donors (Lipinski definition) is 0. The van der Waals surface area contributed by atoms with Gasteiger partial charge in [0.1, 0.15) is 5.75 Å². The molecule has 0 atom stereocenters. The van der Waals surface area contributed by atoms with Crippen molar-refractivity contribution in [2.45, 2.75) is 6.54 Å². The molecule has 1 heterocycles. The van der Waals surface area contributed by atoms with Crippen molar-refractivity contribution in [1.29, 1.82) is 0 Å². The van der Waals surface area contributed by atoms with Gasteiger partial charge in [-0.15, -0.1) is 0 Å².